The van der Waals surface area contributed by atoms with E-state index in [0.717, 1.165) is 37.3 Å². The molecule has 26 heavy (non-hydrogen) atoms. The van der Waals surface area contributed by atoms with Crippen molar-refractivity contribution in [1.82, 2.24) is 9.88 Å². The number of rotatable bonds is 4. The molecule has 2 aromatic carbocycles. The van der Waals surface area contributed by atoms with Crippen LogP contribution in [0, 0.1) is 0 Å². The van der Waals surface area contributed by atoms with Gasteiger partial charge in [-0.15, -0.1) is 0 Å². The Balaban J connectivity index is 1.61. The molecule has 132 valence electrons. The molecular weight excluding hydrogens is 322 g/mol. The molecule has 0 radical (unpaired) electrons. The molecule has 4 heteroatoms. The molecule has 1 aliphatic heterocycles. The molecule has 1 fully saturated rings. The Hall–Kier alpha value is -2.88. The number of hydrogen-bond donors (Lipinski definition) is 0. The number of hydrogen-bond acceptors (Lipinski definition) is 3. The fourth-order valence-electron chi connectivity index (χ4n) is 3.71. The first kappa shape index (κ1) is 16.6. The molecule has 3 aromatic rings. The van der Waals surface area contributed by atoms with Crippen LogP contribution in [-0.4, -0.2) is 35.9 Å². The fraction of sp³-hybridized carbons (Fsp3) is 0.273. The molecule has 0 bridgehead atoms. The van der Waals surface area contributed by atoms with E-state index in [2.05, 4.69) is 40.2 Å². The Kier molecular flexibility index (Phi) is 4.57. The third-order valence-electron chi connectivity index (χ3n) is 5.06. The van der Waals surface area contributed by atoms with E-state index in [9.17, 15) is 4.79 Å². The number of carbonyl (C=O) groups is 1. The van der Waals surface area contributed by atoms with Crippen molar-refractivity contribution in [3.63, 3.8) is 0 Å². The molecule has 0 aliphatic carbocycles. The average Bonchev–Trinajstić information content (AvgIpc) is 3.22. The zero-order valence-corrected chi connectivity index (χ0v) is 15.1. The van der Waals surface area contributed by atoms with Crippen LogP contribution in [0.15, 0.2) is 60.8 Å². The first-order chi connectivity index (χ1) is 12.7. The number of anilines is 1. The number of aromatic nitrogens is 1. The van der Waals surface area contributed by atoms with Crippen LogP contribution in [-0.2, 0) is 6.54 Å². The molecule has 4 rings (SSSR count). The van der Waals surface area contributed by atoms with Gasteiger partial charge in [0, 0.05) is 32.9 Å². The van der Waals surface area contributed by atoms with Crippen molar-refractivity contribution in [1.29, 1.82) is 0 Å². The lowest BCUT2D eigenvalue weighted by molar-refractivity contribution is 0.0786. The largest absolute Gasteiger partial charge is 0.356 e. The van der Waals surface area contributed by atoms with Crippen LogP contribution in [0.2, 0.25) is 0 Å². The Morgan fingerprint density at radius 1 is 1.04 bits per heavy atom. The van der Waals surface area contributed by atoms with Crippen LogP contribution in [0.25, 0.3) is 10.8 Å². The summed E-state index contributed by atoms with van der Waals surface area (Å²) in [6.07, 6.45) is 4.10. The van der Waals surface area contributed by atoms with Gasteiger partial charge in [-0.2, -0.15) is 0 Å². The maximum Gasteiger partial charge on any atom is 0.257 e. The number of pyridine rings is 1. The molecule has 2 heterocycles. The van der Waals surface area contributed by atoms with Crippen molar-refractivity contribution in [2.45, 2.75) is 19.4 Å². The number of amides is 1. The zero-order chi connectivity index (χ0) is 17.9. The van der Waals surface area contributed by atoms with Crippen LogP contribution in [0.3, 0.4) is 0 Å². The van der Waals surface area contributed by atoms with Crippen molar-refractivity contribution >= 4 is 22.5 Å². The fourth-order valence-corrected chi connectivity index (χ4v) is 3.71. The monoisotopic (exact) mass is 345 g/mol. The summed E-state index contributed by atoms with van der Waals surface area (Å²) in [4.78, 5) is 21.6. The number of benzene rings is 2. The highest BCUT2D eigenvalue weighted by molar-refractivity contribution is 5.99. The predicted molar refractivity (Wildman–Crippen MR) is 105 cm³/mol. The molecule has 4 nitrogen and oxygen atoms in total. The minimum Gasteiger partial charge on any atom is -0.356 e. The van der Waals surface area contributed by atoms with Gasteiger partial charge in [0.2, 0.25) is 0 Å². The van der Waals surface area contributed by atoms with Crippen LogP contribution in [0.4, 0.5) is 5.82 Å². The van der Waals surface area contributed by atoms with Crippen LogP contribution in [0.5, 0.6) is 0 Å². The van der Waals surface area contributed by atoms with Gasteiger partial charge in [-0.1, -0.05) is 42.5 Å². The normalized spacial score (nSPS) is 14.0. The molecule has 0 saturated carbocycles. The van der Waals surface area contributed by atoms with Crippen molar-refractivity contribution < 1.29 is 4.79 Å². The second kappa shape index (κ2) is 7.16. The molecule has 1 aromatic heterocycles. The Morgan fingerprint density at radius 2 is 1.81 bits per heavy atom. The van der Waals surface area contributed by atoms with Crippen LogP contribution < -0.4 is 4.90 Å². The van der Waals surface area contributed by atoms with Gasteiger partial charge in [0.25, 0.3) is 5.91 Å². The predicted octanol–water partition coefficient (Wildman–Crippen LogP) is 4.11. The highest BCUT2D eigenvalue weighted by Crippen LogP contribution is 2.24. The van der Waals surface area contributed by atoms with Crippen molar-refractivity contribution in [3.05, 3.63) is 71.9 Å². The summed E-state index contributed by atoms with van der Waals surface area (Å²) in [5.41, 5.74) is 1.85. The van der Waals surface area contributed by atoms with Gasteiger partial charge < -0.3 is 9.80 Å². The van der Waals surface area contributed by atoms with Gasteiger partial charge in [0.1, 0.15) is 5.82 Å². The lowest BCUT2D eigenvalue weighted by Gasteiger charge is -2.23. The summed E-state index contributed by atoms with van der Waals surface area (Å²) in [6, 6.07) is 18.3. The van der Waals surface area contributed by atoms with Gasteiger partial charge >= 0.3 is 0 Å². The molecule has 0 N–H and O–H groups in total. The first-order valence-electron chi connectivity index (χ1n) is 9.16. The highest BCUT2D eigenvalue weighted by atomic mass is 16.2. The zero-order valence-electron chi connectivity index (χ0n) is 15.1. The first-order valence-corrected chi connectivity index (χ1v) is 9.16. The third kappa shape index (κ3) is 3.15. The van der Waals surface area contributed by atoms with Crippen molar-refractivity contribution in [3.8, 4) is 0 Å². The molecule has 0 unspecified atom stereocenters. The van der Waals surface area contributed by atoms with E-state index in [0.29, 0.717) is 12.1 Å². The molecular formula is C22H23N3O. The second-order valence-electron chi connectivity index (χ2n) is 6.87. The van der Waals surface area contributed by atoms with E-state index in [4.69, 9.17) is 0 Å². The Morgan fingerprint density at radius 3 is 2.65 bits per heavy atom. The molecule has 1 amide bonds. The van der Waals surface area contributed by atoms with E-state index < -0.39 is 0 Å². The van der Waals surface area contributed by atoms with Gasteiger partial charge in [-0.05, 0) is 41.3 Å². The van der Waals surface area contributed by atoms with Gasteiger partial charge in [-0.3, -0.25) is 4.79 Å². The number of nitrogens with zero attached hydrogens (tertiary/aromatic N) is 3. The number of carbonyl (C=O) groups excluding carboxylic acids is 1. The van der Waals surface area contributed by atoms with Crippen LogP contribution in [0.1, 0.15) is 28.8 Å². The lowest BCUT2D eigenvalue weighted by Crippen LogP contribution is -2.29. The maximum absolute atomic E-state index is 13.1. The van der Waals surface area contributed by atoms with E-state index >= 15 is 0 Å². The summed E-state index contributed by atoms with van der Waals surface area (Å²) >= 11 is 0. The highest BCUT2D eigenvalue weighted by Gasteiger charge is 2.22. The third-order valence-corrected chi connectivity index (χ3v) is 5.06. The summed E-state index contributed by atoms with van der Waals surface area (Å²) in [7, 11) is 1.87. The molecule has 0 atom stereocenters. The summed E-state index contributed by atoms with van der Waals surface area (Å²) in [5, 5.41) is 2.39. The topological polar surface area (TPSA) is 36.4 Å². The molecule has 1 aliphatic rings. The van der Waals surface area contributed by atoms with Gasteiger partial charge in [0.05, 0.1) is 5.56 Å². The van der Waals surface area contributed by atoms with Crippen LogP contribution >= 0.6 is 0 Å². The van der Waals surface area contributed by atoms with Crippen molar-refractivity contribution in [2.24, 2.45) is 0 Å². The lowest BCUT2D eigenvalue weighted by atomic mass is 10.0. The summed E-state index contributed by atoms with van der Waals surface area (Å²) in [6.45, 7) is 2.53. The van der Waals surface area contributed by atoms with E-state index in [-0.39, 0.29) is 5.91 Å². The standard InChI is InChI=1S/C22H23N3O/c1-24(16-18-10-6-9-17-8-2-3-11-19(17)18)22(26)20-12-7-13-23-21(20)25-14-4-5-15-25/h2-3,6-13H,4-5,14-16H2,1H3. The quantitative estimate of drug-likeness (QED) is 0.714. The van der Waals surface area contributed by atoms with Gasteiger partial charge in [0.15, 0.2) is 0 Å². The van der Waals surface area contributed by atoms with Crippen molar-refractivity contribution in [2.75, 3.05) is 25.0 Å². The Labute approximate surface area is 154 Å². The minimum atomic E-state index is 0.0212. The second-order valence-corrected chi connectivity index (χ2v) is 6.87. The van der Waals surface area contributed by atoms with E-state index in [1.54, 1.807) is 11.1 Å². The van der Waals surface area contributed by atoms with Gasteiger partial charge in [-0.25, -0.2) is 4.98 Å². The average molecular weight is 345 g/mol. The SMILES string of the molecule is CN(Cc1cccc2ccccc12)C(=O)c1cccnc1N1CCCC1. The molecule has 1 saturated heterocycles. The Bertz CT molecular complexity index is 926. The number of fused-ring (bicyclic) bond motifs is 1. The van der Waals surface area contributed by atoms with E-state index in [1.807, 2.05) is 31.3 Å². The minimum absolute atomic E-state index is 0.0212. The smallest absolute Gasteiger partial charge is 0.257 e. The summed E-state index contributed by atoms with van der Waals surface area (Å²) < 4.78 is 0. The summed E-state index contributed by atoms with van der Waals surface area (Å²) in [5.74, 6) is 0.840. The maximum atomic E-state index is 13.1. The van der Waals surface area contributed by atoms with E-state index in [1.165, 1.54) is 10.8 Å². The molecule has 0 spiro atoms.